The van der Waals surface area contributed by atoms with Gasteiger partial charge in [0.2, 0.25) is 0 Å². The molecule has 0 bridgehead atoms. The average Bonchev–Trinajstić information content (AvgIpc) is 3.19. The Balaban J connectivity index is 1.74. The van der Waals surface area contributed by atoms with Crippen molar-refractivity contribution in [2.24, 2.45) is 0 Å². The van der Waals surface area contributed by atoms with Gasteiger partial charge in [-0.25, -0.2) is 14.6 Å². The van der Waals surface area contributed by atoms with E-state index in [1.807, 2.05) is 25.3 Å². The van der Waals surface area contributed by atoms with Crippen molar-refractivity contribution in [2.45, 2.75) is 26.8 Å². The topological polar surface area (TPSA) is 85.8 Å². The lowest BCUT2D eigenvalue weighted by molar-refractivity contribution is -0.119. The number of aryl methyl sites for hydroxylation is 2. The molecule has 0 aromatic carbocycles. The third kappa shape index (κ3) is 2.77. The summed E-state index contributed by atoms with van der Waals surface area (Å²) in [5, 5.41) is 9.20. The maximum Gasteiger partial charge on any atom is 0.250 e. The van der Waals surface area contributed by atoms with Crippen LogP contribution in [0.3, 0.4) is 0 Å². The molecule has 0 aliphatic carbocycles. The first-order chi connectivity index (χ1) is 10.5. The van der Waals surface area contributed by atoms with E-state index in [2.05, 4.69) is 20.4 Å². The highest BCUT2D eigenvalue weighted by atomic mass is 32.1. The van der Waals surface area contributed by atoms with E-state index in [9.17, 15) is 4.79 Å². The van der Waals surface area contributed by atoms with Gasteiger partial charge in [-0.3, -0.25) is 4.79 Å². The summed E-state index contributed by atoms with van der Waals surface area (Å²) in [6.45, 7) is 5.54. The highest BCUT2D eigenvalue weighted by Gasteiger charge is 2.18. The summed E-state index contributed by atoms with van der Waals surface area (Å²) in [6, 6.07) is 1.49. The van der Waals surface area contributed by atoms with Crippen LogP contribution in [-0.2, 0) is 4.79 Å². The van der Waals surface area contributed by atoms with Gasteiger partial charge in [0.05, 0.1) is 5.69 Å². The Kier molecular flexibility index (Phi) is 3.76. The van der Waals surface area contributed by atoms with E-state index in [4.69, 9.17) is 4.42 Å². The smallest absolute Gasteiger partial charge is 0.250 e. The zero-order valence-corrected chi connectivity index (χ0v) is 13.2. The lowest BCUT2D eigenvalue weighted by atomic mass is 10.2. The van der Waals surface area contributed by atoms with Crippen molar-refractivity contribution in [1.82, 2.24) is 19.7 Å². The summed E-state index contributed by atoms with van der Waals surface area (Å²) in [7, 11) is 0. The molecular weight excluding hydrogens is 302 g/mol. The molecule has 0 saturated heterocycles. The summed E-state index contributed by atoms with van der Waals surface area (Å²) in [4.78, 5) is 20.5. The Bertz CT molecular complexity index is 790. The van der Waals surface area contributed by atoms with Gasteiger partial charge in [-0.1, -0.05) is 0 Å². The highest BCUT2D eigenvalue weighted by molar-refractivity contribution is 7.14. The molecule has 22 heavy (non-hydrogen) atoms. The maximum atomic E-state index is 12.2. The maximum absolute atomic E-state index is 12.2. The number of amides is 1. The van der Waals surface area contributed by atoms with Crippen LogP contribution in [0.4, 0.5) is 5.13 Å². The molecule has 0 radical (unpaired) electrons. The van der Waals surface area contributed by atoms with Crippen LogP contribution in [0.1, 0.15) is 24.5 Å². The van der Waals surface area contributed by atoms with E-state index < -0.39 is 6.04 Å². The summed E-state index contributed by atoms with van der Waals surface area (Å²) in [6.07, 6.45) is 2.91. The van der Waals surface area contributed by atoms with Gasteiger partial charge in [0.15, 0.2) is 5.13 Å². The number of hydrogen-bond donors (Lipinski definition) is 1. The van der Waals surface area contributed by atoms with E-state index in [1.54, 1.807) is 6.92 Å². The van der Waals surface area contributed by atoms with Crippen LogP contribution in [0, 0.1) is 13.8 Å². The molecule has 114 valence electrons. The number of nitrogens with one attached hydrogen (secondary N) is 1. The fourth-order valence-electron chi connectivity index (χ4n) is 2.09. The minimum absolute atomic E-state index is 0.188. The predicted octanol–water partition coefficient (Wildman–Crippen LogP) is 2.81. The van der Waals surface area contributed by atoms with Gasteiger partial charge in [0, 0.05) is 10.9 Å². The first-order valence-electron chi connectivity index (χ1n) is 6.72. The molecule has 0 spiro atoms. The largest absolute Gasteiger partial charge is 0.466 e. The standard InChI is InChI=1S/C14H15N5O2S/c1-8-4-11(10(3)21-8)12-5-22-14(17-12)18-13(20)9(2)19-7-15-6-16-19/h4-7,9H,1-3H3,(H,17,18,20). The Morgan fingerprint density at radius 1 is 1.45 bits per heavy atom. The first kappa shape index (κ1) is 14.5. The molecule has 3 aromatic heterocycles. The van der Waals surface area contributed by atoms with E-state index in [-0.39, 0.29) is 5.91 Å². The zero-order valence-electron chi connectivity index (χ0n) is 12.4. The summed E-state index contributed by atoms with van der Waals surface area (Å²) < 4.78 is 7.00. The molecule has 1 amide bonds. The molecule has 1 atom stereocenters. The van der Waals surface area contributed by atoms with Crippen LogP contribution in [0.15, 0.2) is 28.5 Å². The third-order valence-corrected chi connectivity index (χ3v) is 4.02. The second kappa shape index (κ2) is 5.72. The molecule has 8 heteroatoms. The Morgan fingerprint density at radius 2 is 2.27 bits per heavy atom. The van der Waals surface area contributed by atoms with Crippen molar-refractivity contribution in [3.63, 3.8) is 0 Å². The fraction of sp³-hybridized carbons (Fsp3) is 0.286. The number of carbonyl (C=O) groups is 1. The van der Waals surface area contributed by atoms with Crippen LogP contribution in [-0.4, -0.2) is 25.7 Å². The molecule has 1 N–H and O–H groups in total. The van der Waals surface area contributed by atoms with Crippen molar-refractivity contribution in [1.29, 1.82) is 0 Å². The van der Waals surface area contributed by atoms with Gasteiger partial charge >= 0.3 is 0 Å². The van der Waals surface area contributed by atoms with Crippen molar-refractivity contribution < 1.29 is 9.21 Å². The number of furan rings is 1. The molecule has 0 fully saturated rings. The summed E-state index contributed by atoms with van der Waals surface area (Å²) in [5.41, 5.74) is 1.74. The SMILES string of the molecule is Cc1cc(-c2csc(NC(=O)C(C)n3cncn3)n2)c(C)o1. The van der Waals surface area contributed by atoms with Gasteiger partial charge in [0.1, 0.15) is 30.2 Å². The van der Waals surface area contributed by atoms with Crippen LogP contribution in [0.25, 0.3) is 11.3 Å². The van der Waals surface area contributed by atoms with Crippen molar-refractivity contribution in [3.05, 3.63) is 35.6 Å². The second-order valence-corrected chi connectivity index (χ2v) is 5.76. The number of hydrogen-bond acceptors (Lipinski definition) is 6. The van der Waals surface area contributed by atoms with Crippen LogP contribution in [0.2, 0.25) is 0 Å². The molecule has 3 heterocycles. The van der Waals surface area contributed by atoms with Gasteiger partial charge in [-0.2, -0.15) is 5.10 Å². The lowest BCUT2D eigenvalue weighted by Gasteiger charge is -2.09. The minimum Gasteiger partial charge on any atom is -0.466 e. The number of rotatable bonds is 4. The van der Waals surface area contributed by atoms with Crippen LogP contribution < -0.4 is 5.32 Å². The summed E-state index contributed by atoms with van der Waals surface area (Å²) >= 11 is 1.38. The molecule has 3 aromatic rings. The number of aromatic nitrogens is 4. The third-order valence-electron chi connectivity index (χ3n) is 3.26. The summed E-state index contributed by atoms with van der Waals surface area (Å²) in [5.74, 6) is 1.47. The fourth-order valence-corrected chi connectivity index (χ4v) is 2.80. The van der Waals surface area contributed by atoms with Crippen molar-refractivity contribution >= 4 is 22.4 Å². The monoisotopic (exact) mass is 317 g/mol. The second-order valence-electron chi connectivity index (χ2n) is 4.91. The number of carbonyl (C=O) groups excluding carboxylic acids is 1. The van der Waals surface area contributed by atoms with Gasteiger partial charge in [0.25, 0.3) is 5.91 Å². The van der Waals surface area contributed by atoms with Crippen LogP contribution in [0.5, 0.6) is 0 Å². The van der Waals surface area contributed by atoms with E-state index in [0.717, 1.165) is 22.8 Å². The van der Waals surface area contributed by atoms with Gasteiger partial charge in [-0.15, -0.1) is 11.3 Å². The van der Waals surface area contributed by atoms with Crippen molar-refractivity contribution in [2.75, 3.05) is 5.32 Å². The molecular formula is C14H15N5O2S. The molecule has 7 nitrogen and oxygen atoms in total. The molecule has 0 aliphatic heterocycles. The zero-order chi connectivity index (χ0) is 15.7. The number of anilines is 1. The van der Waals surface area contributed by atoms with E-state index in [0.29, 0.717) is 5.13 Å². The lowest BCUT2D eigenvalue weighted by Crippen LogP contribution is -2.23. The van der Waals surface area contributed by atoms with E-state index >= 15 is 0 Å². The highest BCUT2D eigenvalue weighted by Crippen LogP contribution is 2.29. The Morgan fingerprint density at radius 3 is 2.91 bits per heavy atom. The molecule has 0 saturated carbocycles. The quantitative estimate of drug-likeness (QED) is 0.799. The molecule has 0 aliphatic rings. The van der Waals surface area contributed by atoms with Gasteiger partial charge in [-0.05, 0) is 26.8 Å². The van der Waals surface area contributed by atoms with Crippen LogP contribution >= 0.6 is 11.3 Å². The first-order valence-corrected chi connectivity index (χ1v) is 7.60. The number of thiazole rings is 1. The van der Waals surface area contributed by atoms with E-state index in [1.165, 1.54) is 28.7 Å². The Labute approximate surface area is 131 Å². The Hall–Kier alpha value is -2.48. The van der Waals surface area contributed by atoms with Crippen molar-refractivity contribution in [3.8, 4) is 11.3 Å². The predicted molar refractivity (Wildman–Crippen MR) is 82.7 cm³/mol. The van der Waals surface area contributed by atoms with Gasteiger partial charge < -0.3 is 9.73 Å². The average molecular weight is 317 g/mol. The normalized spacial score (nSPS) is 12.3. The molecule has 3 rings (SSSR count). The number of nitrogens with zero attached hydrogens (tertiary/aromatic N) is 4. The molecule has 1 unspecified atom stereocenters. The minimum atomic E-state index is -0.451.